The third-order valence-electron chi connectivity index (χ3n) is 5.86. The molecule has 3 aromatic rings. The van der Waals surface area contributed by atoms with Crippen LogP contribution >= 0.6 is 11.3 Å². The molecule has 5 rings (SSSR count). The number of halogens is 3. The largest absolute Gasteiger partial charge is 0.490 e. The van der Waals surface area contributed by atoms with Gasteiger partial charge < -0.3 is 19.5 Å². The number of carbonyl (C=O) groups excluding carboxylic acids is 2. The van der Waals surface area contributed by atoms with Crippen molar-refractivity contribution < 1.29 is 32.7 Å². The second-order valence-corrected chi connectivity index (χ2v) is 8.88. The van der Waals surface area contributed by atoms with Crippen molar-refractivity contribution in [2.45, 2.75) is 31.2 Å². The number of alkyl halides is 3. The second-order valence-electron chi connectivity index (χ2n) is 8.10. The highest BCUT2D eigenvalue weighted by Gasteiger charge is 2.46. The second kappa shape index (κ2) is 9.90. The first kappa shape index (κ1) is 24.5. The maximum Gasteiger partial charge on any atom is 0.490 e. The fraction of sp³-hybridized carbons (Fsp3) is 0.304. The van der Waals surface area contributed by atoms with Crippen molar-refractivity contribution in [1.29, 1.82) is 0 Å². The van der Waals surface area contributed by atoms with Gasteiger partial charge in [0.25, 0.3) is 5.91 Å². The van der Waals surface area contributed by atoms with Crippen LogP contribution in [0.4, 0.5) is 13.2 Å². The Hall–Kier alpha value is -3.67. The van der Waals surface area contributed by atoms with Crippen LogP contribution in [-0.2, 0) is 22.6 Å². The molecule has 3 aromatic heterocycles. The lowest BCUT2D eigenvalue weighted by atomic mass is 10.1. The van der Waals surface area contributed by atoms with Gasteiger partial charge in [-0.15, -0.1) is 0 Å². The molecule has 1 saturated heterocycles. The monoisotopic (exact) mass is 506 g/mol. The first-order chi connectivity index (χ1) is 16.6. The summed E-state index contributed by atoms with van der Waals surface area (Å²) in [5.74, 6) is -2.64. The number of aromatic nitrogens is 2. The molecular weight excluding hydrogens is 485 g/mol. The highest BCUT2D eigenvalue weighted by molar-refractivity contribution is 7.08. The van der Waals surface area contributed by atoms with E-state index in [9.17, 15) is 22.8 Å². The summed E-state index contributed by atoms with van der Waals surface area (Å²) >= 11 is 1.60. The third-order valence-corrected chi connectivity index (χ3v) is 6.60. The van der Waals surface area contributed by atoms with Gasteiger partial charge in [-0.25, -0.2) is 4.79 Å². The van der Waals surface area contributed by atoms with Crippen LogP contribution in [0.15, 0.2) is 59.6 Å². The molecule has 2 unspecified atom stereocenters. The summed E-state index contributed by atoms with van der Waals surface area (Å²) in [6, 6.07) is 11.5. The summed E-state index contributed by atoms with van der Waals surface area (Å²) < 4.78 is 33.8. The Labute approximate surface area is 202 Å². The van der Waals surface area contributed by atoms with E-state index >= 15 is 0 Å². The smallest absolute Gasteiger partial charge is 0.475 e. The Balaban J connectivity index is 0.000000364. The van der Waals surface area contributed by atoms with Gasteiger partial charge in [0.15, 0.2) is 0 Å². The highest BCUT2D eigenvalue weighted by atomic mass is 32.1. The first-order valence-corrected chi connectivity index (χ1v) is 11.6. The van der Waals surface area contributed by atoms with Crippen molar-refractivity contribution >= 4 is 29.1 Å². The van der Waals surface area contributed by atoms with Gasteiger partial charge in [-0.2, -0.15) is 24.5 Å². The van der Waals surface area contributed by atoms with Gasteiger partial charge in [0, 0.05) is 25.5 Å². The number of aliphatic carboxylic acids is 1. The van der Waals surface area contributed by atoms with E-state index in [0.29, 0.717) is 31.7 Å². The standard InChI is InChI=1S/C21H20N4O2S.C2HF3O2/c26-20(10-15-6-9-28-14-15)23-12-18-19(13-23)25(11-16-4-1-2-7-22-16)21(27)17-5-3-8-24(17)18;3-2(4,5)1(6)7/h1-9,14,18-19H,10-13H2;(H,6,7). The van der Waals surface area contributed by atoms with Crippen LogP contribution in [0.2, 0.25) is 0 Å². The minimum absolute atomic E-state index is 0.00374. The van der Waals surface area contributed by atoms with Gasteiger partial charge in [-0.1, -0.05) is 6.07 Å². The summed E-state index contributed by atoms with van der Waals surface area (Å²) in [6.45, 7) is 1.64. The summed E-state index contributed by atoms with van der Waals surface area (Å²) in [7, 11) is 0. The lowest BCUT2D eigenvalue weighted by molar-refractivity contribution is -0.192. The van der Waals surface area contributed by atoms with E-state index in [1.165, 1.54) is 0 Å². The third kappa shape index (κ3) is 5.37. The number of amides is 2. The lowest BCUT2D eigenvalue weighted by Gasteiger charge is -2.37. The number of nitrogens with zero attached hydrogens (tertiary/aromatic N) is 4. The molecule has 0 aliphatic carbocycles. The fourth-order valence-corrected chi connectivity index (χ4v) is 4.92. The first-order valence-electron chi connectivity index (χ1n) is 10.6. The molecule has 12 heteroatoms. The minimum atomic E-state index is -5.08. The Kier molecular flexibility index (Phi) is 6.92. The fourth-order valence-electron chi connectivity index (χ4n) is 4.25. The molecule has 0 spiro atoms. The van der Waals surface area contributed by atoms with E-state index in [1.54, 1.807) is 17.5 Å². The molecule has 35 heavy (non-hydrogen) atoms. The average molecular weight is 507 g/mol. The SMILES string of the molecule is O=C(Cc1ccsc1)N1CC2C(C1)n1cccc1C(=O)N2Cc1ccccn1.O=C(O)C(F)(F)F. The predicted molar refractivity (Wildman–Crippen MR) is 120 cm³/mol. The number of pyridine rings is 1. The number of fused-ring (bicyclic) bond motifs is 3. The van der Waals surface area contributed by atoms with E-state index < -0.39 is 12.1 Å². The van der Waals surface area contributed by atoms with Crippen LogP contribution in [-0.4, -0.2) is 67.5 Å². The van der Waals surface area contributed by atoms with Gasteiger partial charge in [0.1, 0.15) is 5.69 Å². The normalized spacial score (nSPS) is 19.0. The molecule has 0 radical (unpaired) electrons. The van der Waals surface area contributed by atoms with Crippen molar-refractivity contribution in [2.75, 3.05) is 13.1 Å². The van der Waals surface area contributed by atoms with Crippen LogP contribution in [0.5, 0.6) is 0 Å². The van der Waals surface area contributed by atoms with Gasteiger partial charge in [0.05, 0.1) is 30.7 Å². The molecule has 2 aliphatic rings. The van der Waals surface area contributed by atoms with E-state index in [4.69, 9.17) is 9.90 Å². The molecule has 0 aromatic carbocycles. The summed E-state index contributed by atoms with van der Waals surface area (Å²) in [5.41, 5.74) is 2.59. The van der Waals surface area contributed by atoms with Crippen LogP contribution in [0.25, 0.3) is 0 Å². The predicted octanol–water partition coefficient (Wildman–Crippen LogP) is 3.23. The lowest BCUT2D eigenvalue weighted by Crippen LogP contribution is -2.50. The number of hydrogen-bond acceptors (Lipinski definition) is 5. The molecular formula is C23H21F3N4O4S. The zero-order valence-electron chi connectivity index (χ0n) is 18.3. The van der Waals surface area contributed by atoms with Gasteiger partial charge in [0.2, 0.25) is 5.91 Å². The van der Waals surface area contributed by atoms with Crippen molar-refractivity contribution in [1.82, 2.24) is 19.4 Å². The van der Waals surface area contributed by atoms with Crippen LogP contribution in [0, 0.1) is 0 Å². The van der Waals surface area contributed by atoms with Crippen molar-refractivity contribution in [3.8, 4) is 0 Å². The van der Waals surface area contributed by atoms with Gasteiger partial charge in [-0.05, 0) is 46.7 Å². The number of carboxylic acids is 1. The Morgan fingerprint density at radius 3 is 2.49 bits per heavy atom. The van der Waals surface area contributed by atoms with Crippen LogP contribution < -0.4 is 0 Å². The molecule has 2 amide bonds. The maximum atomic E-state index is 13.1. The summed E-state index contributed by atoms with van der Waals surface area (Å²) in [5, 5.41) is 11.1. The molecule has 0 saturated carbocycles. The number of likely N-dealkylation sites (tertiary alicyclic amines) is 1. The van der Waals surface area contributed by atoms with Gasteiger partial charge >= 0.3 is 12.1 Å². The molecule has 1 N–H and O–H groups in total. The number of thiophene rings is 1. The molecule has 2 aliphatic heterocycles. The van der Waals surface area contributed by atoms with Crippen molar-refractivity contribution in [2.24, 2.45) is 0 Å². The number of rotatable bonds is 4. The maximum absolute atomic E-state index is 13.1. The Morgan fingerprint density at radius 1 is 1.11 bits per heavy atom. The molecule has 184 valence electrons. The Morgan fingerprint density at radius 2 is 1.86 bits per heavy atom. The molecule has 8 nitrogen and oxygen atoms in total. The molecule has 0 bridgehead atoms. The zero-order valence-corrected chi connectivity index (χ0v) is 19.1. The topological polar surface area (TPSA) is 95.7 Å². The molecule has 5 heterocycles. The Bertz CT molecular complexity index is 1200. The number of hydrogen-bond donors (Lipinski definition) is 1. The minimum Gasteiger partial charge on any atom is -0.475 e. The number of carboxylic acid groups (broad SMARTS) is 1. The van der Waals surface area contributed by atoms with E-state index in [-0.39, 0.29) is 23.9 Å². The summed E-state index contributed by atoms with van der Waals surface area (Å²) in [4.78, 5) is 43.1. The molecule has 2 atom stereocenters. The van der Waals surface area contributed by atoms with E-state index in [1.807, 2.05) is 67.7 Å². The van der Waals surface area contributed by atoms with E-state index in [0.717, 1.165) is 11.3 Å². The number of carbonyl (C=O) groups is 3. The quantitative estimate of drug-likeness (QED) is 0.586. The van der Waals surface area contributed by atoms with Crippen LogP contribution in [0.3, 0.4) is 0 Å². The zero-order chi connectivity index (χ0) is 25.2. The molecule has 1 fully saturated rings. The average Bonchev–Trinajstić information content (AvgIpc) is 3.57. The van der Waals surface area contributed by atoms with Crippen molar-refractivity contribution in [3.63, 3.8) is 0 Å². The van der Waals surface area contributed by atoms with E-state index in [2.05, 4.69) is 4.98 Å². The summed E-state index contributed by atoms with van der Waals surface area (Å²) in [6.07, 6.45) is -0.971. The van der Waals surface area contributed by atoms with Crippen molar-refractivity contribution in [3.05, 3.63) is 76.5 Å². The van der Waals surface area contributed by atoms with Gasteiger partial charge in [-0.3, -0.25) is 14.6 Å². The highest BCUT2D eigenvalue weighted by Crippen LogP contribution is 2.34. The van der Waals surface area contributed by atoms with Crippen LogP contribution in [0.1, 0.15) is 27.8 Å².